The van der Waals surface area contributed by atoms with Gasteiger partial charge >= 0.3 is 0 Å². The molecule has 3 rings (SSSR count). The Hall–Kier alpha value is -2.22. The molecule has 0 saturated carbocycles. The van der Waals surface area contributed by atoms with E-state index in [9.17, 15) is 4.79 Å². The van der Waals surface area contributed by atoms with Crippen molar-refractivity contribution in [1.82, 2.24) is 34.8 Å². The van der Waals surface area contributed by atoms with Crippen molar-refractivity contribution in [2.45, 2.75) is 19.5 Å². The summed E-state index contributed by atoms with van der Waals surface area (Å²) in [7, 11) is 0. The van der Waals surface area contributed by atoms with E-state index in [0.717, 1.165) is 38.5 Å². The van der Waals surface area contributed by atoms with E-state index in [4.69, 9.17) is 0 Å². The van der Waals surface area contributed by atoms with E-state index in [1.54, 1.807) is 10.9 Å². The maximum absolute atomic E-state index is 12.4. The molecule has 8 nitrogen and oxygen atoms in total. The third-order valence-electron chi connectivity index (χ3n) is 3.80. The van der Waals surface area contributed by atoms with Crippen molar-refractivity contribution in [2.75, 3.05) is 26.2 Å². The molecule has 0 aliphatic carbocycles. The van der Waals surface area contributed by atoms with E-state index in [1.165, 1.54) is 6.33 Å². The lowest BCUT2D eigenvalue weighted by Gasteiger charge is -2.35. The van der Waals surface area contributed by atoms with Gasteiger partial charge in [0.25, 0.3) is 0 Å². The monoisotopic (exact) mass is 289 g/mol. The molecule has 2 aromatic heterocycles. The van der Waals surface area contributed by atoms with Crippen LogP contribution in [0.15, 0.2) is 24.8 Å². The standard InChI is InChI=1S/C13H19N7O/c1-11(20-4-2-3-16-20)13(21)19-7-5-18(6-8-19)9-12-14-10-15-17-12/h2-4,10-11H,5-9H2,1H3,(H,14,15,17)/t11-/m0/s1. The fourth-order valence-corrected chi connectivity index (χ4v) is 2.53. The maximum Gasteiger partial charge on any atom is 0.247 e. The van der Waals surface area contributed by atoms with Crippen LogP contribution in [0.2, 0.25) is 0 Å². The van der Waals surface area contributed by atoms with Gasteiger partial charge in [-0.15, -0.1) is 0 Å². The molecule has 0 spiro atoms. The summed E-state index contributed by atoms with van der Waals surface area (Å²) in [5.74, 6) is 0.984. The first-order valence-corrected chi connectivity index (χ1v) is 7.08. The molecule has 0 bridgehead atoms. The van der Waals surface area contributed by atoms with Crippen LogP contribution in [0, 0.1) is 0 Å². The SMILES string of the molecule is C[C@@H](C(=O)N1CCN(Cc2ncn[nH]2)CC1)n1cccn1. The fraction of sp³-hybridized carbons (Fsp3) is 0.538. The van der Waals surface area contributed by atoms with Crippen molar-refractivity contribution >= 4 is 5.91 Å². The van der Waals surface area contributed by atoms with Gasteiger partial charge in [-0.3, -0.25) is 19.5 Å². The first-order chi connectivity index (χ1) is 10.2. The second-order valence-corrected chi connectivity index (χ2v) is 5.20. The van der Waals surface area contributed by atoms with E-state index in [-0.39, 0.29) is 11.9 Å². The van der Waals surface area contributed by atoms with E-state index in [1.807, 2.05) is 24.1 Å². The number of carbonyl (C=O) groups excluding carboxylic acids is 1. The summed E-state index contributed by atoms with van der Waals surface area (Å²) >= 11 is 0. The molecule has 1 fully saturated rings. The van der Waals surface area contributed by atoms with Crippen LogP contribution in [0.1, 0.15) is 18.8 Å². The number of hydrogen-bond donors (Lipinski definition) is 1. The van der Waals surface area contributed by atoms with Crippen molar-refractivity contribution in [3.8, 4) is 0 Å². The van der Waals surface area contributed by atoms with Crippen LogP contribution < -0.4 is 0 Å². The summed E-state index contributed by atoms with van der Waals surface area (Å²) in [5.41, 5.74) is 0. The Kier molecular flexibility index (Phi) is 3.96. The summed E-state index contributed by atoms with van der Waals surface area (Å²) in [4.78, 5) is 20.7. The highest BCUT2D eigenvalue weighted by Gasteiger charge is 2.26. The lowest BCUT2D eigenvalue weighted by molar-refractivity contribution is -0.136. The van der Waals surface area contributed by atoms with Gasteiger partial charge in [0.2, 0.25) is 5.91 Å². The fourth-order valence-electron chi connectivity index (χ4n) is 2.53. The van der Waals surface area contributed by atoms with Crippen molar-refractivity contribution in [2.24, 2.45) is 0 Å². The molecule has 1 amide bonds. The molecule has 1 N–H and O–H groups in total. The highest BCUT2D eigenvalue weighted by molar-refractivity contribution is 5.80. The molecule has 1 atom stereocenters. The van der Waals surface area contributed by atoms with Crippen molar-refractivity contribution in [1.29, 1.82) is 0 Å². The van der Waals surface area contributed by atoms with Gasteiger partial charge in [-0.05, 0) is 13.0 Å². The highest BCUT2D eigenvalue weighted by atomic mass is 16.2. The molecule has 1 saturated heterocycles. The number of nitrogens with one attached hydrogen (secondary N) is 1. The highest BCUT2D eigenvalue weighted by Crippen LogP contribution is 2.12. The van der Waals surface area contributed by atoms with Crippen LogP contribution in [0.4, 0.5) is 0 Å². The van der Waals surface area contributed by atoms with Gasteiger partial charge in [-0.25, -0.2) is 4.98 Å². The largest absolute Gasteiger partial charge is 0.338 e. The van der Waals surface area contributed by atoms with Crippen LogP contribution in [0.3, 0.4) is 0 Å². The number of H-pyrrole nitrogens is 1. The number of hydrogen-bond acceptors (Lipinski definition) is 5. The average Bonchev–Trinajstić information content (AvgIpc) is 3.20. The molecule has 0 aromatic carbocycles. The van der Waals surface area contributed by atoms with Crippen molar-refractivity contribution < 1.29 is 4.79 Å². The molecule has 21 heavy (non-hydrogen) atoms. The lowest BCUT2D eigenvalue weighted by Crippen LogP contribution is -2.50. The molecule has 2 aromatic rings. The Balaban J connectivity index is 1.52. The molecule has 0 radical (unpaired) electrons. The number of aromatic nitrogens is 5. The van der Waals surface area contributed by atoms with Crippen LogP contribution >= 0.6 is 0 Å². The molecule has 112 valence electrons. The van der Waals surface area contributed by atoms with Gasteiger partial charge in [0, 0.05) is 38.6 Å². The summed E-state index contributed by atoms with van der Waals surface area (Å²) in [6.07, 6.45) is 5.03. The van der Waals surface area contributed by atoms with E-state index in [0.29, 0.717) is 0 Å². The molecule has 0 unspecified atom stereocenters. The van der Waals surface area contributed by atoms with Gasteiger partial charge < -0.3 is 4.90 Å². The summed E-state index contributed by atoms with van der Waals surface area (Å²) < 4.78 is 1.70. The zero-order chi connectivity index (χ0) is 14.7. The van der Waals surface area contributed by atoms with E-state index < -0.39 is 0 Å². The average molecular weight is 289 g/mol. The first-order valence-electron chi connectivity index (χ1n) is 7.08. The molecular weight excluding hydrogens is 270 g/mol. The minimum absolute atomic E-state index is 0.123. The third kappa shape index (κ3) is 3.10. The minimum atomic E-state index is -0.249. The Morgan fingerprint density at radius 3 is 2.81 bits per heavy atom. The van der Waals surface area contributed by atoms with Gasteiger partial charge in [0.15, 0.2) is 0 Å². The Morgan fingerprint density at radius 1 is 1.38 bits per heavy atom. The predicted molar refractivity (Wildman–Crippen MR) is 75.2 cm³/mol. The Bertz CT molecular complexity index is 557. The Morgan fingerprint density at radius 2 is 2.19 bits per heavy atom. The zero-order valence-electron chi connectivity index (χ0n) is 12.0. The van der Waals surface area contributed by atoms with Gasteiger partial charge in [-0.2, -0.15) is 10.2 Å². The normalized spacial score (nSPS) is 17.9. The molecule has 8 heteroatoms. The van der Waals surface area contributed by atoms with Crippen molar-refractivity contribution in [3.05, 3.63) is 30.6 Å². The van der Waals surface area contributed by atoms with Crippen LogP contribution in [-0.2, 0) is 11.3 Å². The predicted octanol–water partition coefficient (Wildman–Crippen LogP) is -0.0934. The van der Waals surface area contributed by atoms with Gasteiger partial charge in [0.1, 0.15) is 18.2 Å². The summed E-state index contributed by atoms with van der Waals surface area (Å²) in [6.45, 7) is 5.79. The summed E-state index contributed by atoms with van der Waals surface area (Å²) in [5, 5.41) is 10.8. The second kappa shape index (κ2) is 6.04. The smallest absolute Gasteiger partial charge is 0.247 e. The molecular formula is C13H19N7O. The minimum Gasteiger partial charge on any atom is -0.338 e. The number of nitrogens with zero attached hydrogens (tertiary/aromatic N) is 6. The molecule has 3 heterocycles. The zero-order valence-corrected chi connectivity index (χ0v) is 12.0. The maximum atomic E-state index is 12.4. The number of piperazine rings is 1. The molecule has 1 aliphatic rings. The van der Waals surface area contributed by atoms with E-state index >= 15 is 0 Å². The van der Waals surface area contributed by atoms with Gasteiger partial charge in [0.05, 0.1) is 6.54 Å². The number of amides is 1. The summed E-state index contributed by atoms with van der Waals surface area (Å²) in [6, 6.07) is 1.58. The topological polar surface area (TPSA) is 82.9 Å². The lowest BCUT2D eigenvalue weighted by atomic mass is 10.2. The number of carbonyl (C=O) groups is 1. The van der Waals surface area contributed by atoms with Crippen molar-refractivity contribution in [3.63, 3.8) is 0 Å². The second-order valence-electron chi connectivity index (χ2n) is 5.20. The van der Waals surface area contributed by atoms with Crippen LogP contribution in [0.25, 0.3) is 0 Å². The number of aromatic amines is 1. The first kappa shape index (κ1) is 13.7. The van der Waals surface area contributed by atoms with Crippen LogP contribution in [-0.4, -0.2) is 66.8 Å². The van der Waals surface area contributed by atoms with Gasteiger partial charge in [-0.1, -0.05) is 0 Å². The molecule has 1 aliphatic heterocycles. The van der Waals surface area contributed by atoms with Crippen LogP contribution in [0.5, 0.6) is 0 Å². The quantitative estimate of drug-likeness (QED) is 0.850. The Labute approximate surface area is 122 Å². The third-order valence-corrected chi connectivity index (χ3v) is 3.80. The number of rotatable bonds is 4. The van der Waals surface area contributed by atoms with E-state index in [2.05, 4.69) is 25.2 Å².